The summed E-state index contributed by atoms with van der Waals surface area (Å²) in [5, 5.41) is 0. The number of carbonyl (C=O) groups excluding carboxylic acids is 1. The number of furan rings is 1. The lowest BCUT2D eigenvalue weighted by Gasteiger charge is -2.31. The molecule has 1 amide bonds. The number of aryl methyl sites for hydroxylation is 1. The van der Waals surface area contributed by atoms with Crippen LogP contribution >= 0.6 is 0 Å². The Labute approximate surface area is 137 Å². The number of imidazole rings is 1. The molecule has 0 radical (unpaired) electrons. The molecular weight excluding hydrogens is 290 g/mol. The summed E-state index contributed by atoms with van der Waals surface area (Å²) in [6.45, 7) is 6.96. The fourth-order valence-corrected chi connectivity index (χ4v) is 3.36. The highest BCUT2D eigenvalue weighted by Gasteiger charge is 2.26. The molecule has 2 aromatic heterocycles. The summed E-state index contributed by atoms with van der Waals surface area (Å²) in [5.41, 5.74) is 1.24. The molecule has 0 unspecified atom stereocenters. The Kier molecular flexibility index (Phi) is 4.84. The predicted molar refractivity (Wildman–Crippen MR) is 88.3 cm³/mol. The number of piperidine rings is 1. The lowest BCUT2D eigenvalue weighted by Crippen LogP contribution is -2.38. The highest BCUT2D eigenvalue weighted by molar-refractivity contribution is 5.91. The molecule has 124 valence electrons. The van der Waals surface area contributed by atoms with Crippen molar-refractivity contribution >= 4 is 5.91 Å². The number of aromatic nitrogens is 2. The fraction of sp³-hybridized carbons (Fsp3) is 0.556. The van der Waals surface area contributed by atoms with Gasteiger partial charge in [0.25, 0.3) is 5.91 Å². The van der Waals surface area contributed by atoms with Crippen LogP contribution in [-0.4, -0.2) is 33.4 Å². The van der Waals surface area contributed by atoms with Crippen LogP contribution in [0.1, 0.15) is 48.3 Å². The lowest BCUT2D eigenvalue weighted by molar-refractivity contribution is 0.0657. The maximum absolute atomic E-state index is 12.3. The van der Waals surface area contributed by atoms with Crippen LogP contribution in [0, 0.1) is 12.8 Å². The molecule has 0 saturated carbocycles. The van der Waals surface area contributed by atoms with Crippen molar-refractivity contribution in [3.8, 4) is 0 Å². The normalized spacial score (nSPS) is 16.0. The second-order valence-electron chi connectivity index (χ2n) is 6.38. The highest BCUT2D eigenvalue weighted by Crippen LogP contribution is 2.23. The maximum Gasteiger partial charge on any atom is 0.289 e. The van der Waals surface area contributed by atoms with E-state index in [1.54, 1.807) is 18.4 Å². The first-order valence-corrected chi connectivity index (χ1v) is 8.52. The van der Waals surface area contributed by atoms with Crippen LogP contribution < -0.4 is 0 Å². The van der Waals surface area contributed by atoms with Crippen LogP contribution in [0.5, 0.6) is 0 Å². The summed E-state index contributed by atoms with van der Waals surface area (Å²) < 4.78 is 7.55. The van der Waals surface area contributed by atoms with Crippen molar-refractivity contribution < 1.29 is 9.21 Å². The molecule has 0 aromatic carbocycles. The lowest BCUT2D eigenvalue weighted by atomic mass is 9.93. The quantitative estimate of drug-likeness (QED) is 0.851. The standard InChI is InChI=1S/C18H25N3O2/c1-3-8-21-14(2)13-19-17(21)12-15-6-9-20(10-7-15)18(22)16-5-4-11-23-16/h4-5,11,13,15H,3,6-10,12H2,1-2H3. The van der Waals surface area contributed by atoms with Crippen LogP contribution in [0.2, 0.25) is 0 Å². The zero-order valence-corrected chi connectivity index (χ0v) is 14.0. The molecule has 5 heteroatoms. The van der Waals surface area contributed by atoms with Crippen LogP contribution in [0.15, 0.2) is 29.0 Å². The summed E-state index contributed by atoms with van der Waals surface area (Å²) in [6.07, 6.45) is 7.72. The number of nitrogens with zero attached hydrogens (tertiary/aromatic N) is 3. The third-order valence-electron chi connectivity index (χ3n) is 4.69. The molecule has 2 aromatic rings. The van der Waals surface area contributed by atoms with Crippen molar-refractivity contribution in [3.63, 3.8) is 0 Å². The Bertz CT molecular complexity index is 637. The minimum Gasteiger partial charge on any atom is -0.459 e. The van der Waals surface area contributed by atoms with Crippen molar-refractivity contribution in [2.75, 3.05) is 13.1 Å². The SMILES string of the molecule is CCCn1c(C)cnc1CC1CCN(C(=O)c2ccco2)CC1. The van der Waals surface area contributed by atoms with Crippen LogP contribution in [0.3, 0.4) is 0 Å². The summed E-state index contributed by atoms with van der Waals surface area (Å²) in [5.74, 6) is 2.25. The van der Waals surface area contributed by atoms with Crippen molar-refractivity contribution in [1.82, 2.24) is 14.5 Å². The Morgan fingerprint density at radius 2 is 2.17 bits per heavy atom. The van der Waals surface area contributed by atoms with Crippen LogP contribution in [0.25, 0.3) is 0 Å². The molecule has 0 atom stereocenters. The Hall–Kier alpha value is -2.04. The topological polar surface area (TPSA) is 51.3 Å². The maximum atomic E-state index is 12.3. The molecular formula is C18H25N3O2. The largest absolute Gasteiger partial charge is 0.459 e. The average Bonchev–Trinajstić information content (AvgIpc) is 3.21. The highest BCUT2D eigenvalue weighted by atomic mass is 16.3. The molecule has 0 bridgehead atoms. The fourth-order valence-electron chi connectivity index (χ4n) is 3.36. The van der Waals surface area contributed by atoms with E-state index in [0.29, 0.717) is 11.7 Å². The molecule has 3 rings (SSSR count). The van der Waals surface area contributed by atoms with Gasteiger partial charge >= 0.3 is 0 Å². The van der Waals surface area contributed by atoms with Gasteiger partial charge in [-0.05, 0) is 44.2 Å². The Balaban J connectivity index is 1.56. The van der Waals surface area contributed by atoms with E-state index >= 15 is 0 Å². The van der Waals surface area contributed by atoms with Gasteiger partial charge in [0.1, 0.15) is 5.82 Å². The number of carbonyl (C=O) groups is 1. The van der Waals surface area contributed by atoms with E-state index in [1.165, 1.54) is 11.5 Å². The van der Waals surface area contributed by atoms with Crippen molar-refractivity contribution in [2.24, 2.45) is 5.92 Å². The molecule has 5 nitrogen and oxygen atoms in total. The van der Waals surface area contributed by atoms with Crippen molar-refractivity contribution in [1.29, 1.82) is 0 Å². The van der Waals surface area contributed by atoms with E-state index in [4.69, 9.17) is 4.42 Å². The Morgan fingerprint density at radius 3 is 2.83 bits per heavy atom. The average molecular weight is 315 g/mol. The molecule has 0 aliphatic carbocycles. The summed E-state index contributed by atoms with van der Waals surface area (Å²) in [6, 6.07) is 3.49. The number of rotatable bonds is 5. The predicted octanol–water partition coefficient (Wildman–Crippen LogP) is 3.29. The monoisotopic (exact) mass is 315 g/mol. The molecule has 0 spiro atoms. The molecule has 1 fully saturated rings. The van der Waals surface area contributed by atoms with Gasteiger partial charge in [-0.1, -0.05) is 6.92 Å². The van der Waals surface area contributed by atoms with E-state index < -0.39 is 0 Å². The molecule has 3 heterocycles. The molecule has 0 N–H and O–H groups in total. The van der Waals surface area contributed by atoms with E-state index in [0.717, 1.165) is 45.3 Å². The first kappa shape index (κ1) is 15.8. The molecule has 23 heavy (non-hydrogen) atoms. The van der Waals surface area contributed by atoms with E-state index in [-0.39, 0.29) is 5.91 Å². The van der Waals surface area contributed by atoms with E-state index in [1.807, 2.05) is 11.1 Å². The second kappa shape index (κ2) is 7.02. The molecule has 1 aliphatic heterocycles. The van der Waals surface area contributed by atoms with Crippen LogP contribution in [-0.2, 0) is 13.0 Å². The van der Waals surface area contributed by atoms with Gasteiger partial charge < -0.3 is 13.9 Å². The van der Waals surface area contributed by atoms with Gasteiger partial charge in [-0.25, -0.2) is 4.98 Å². The third-order valence-corrected chi connectivity index (χ3v) is 4.69. The van der Waals surface area contributed by atoms with Crippen molar-refractivity contribution in [3.05, 3.63) is 41.9 Å². The Morgan fingerprint density at radius 1 is 1.39 bits per heavy atom. The summed E-state index contributed by atoms with van der Waals surface area (Å²) in [7, 11) is 0. The summed E-state index contributed by atoms with van der Waals surface area (Å²) in [4.78, 5) is 18.8. The number of likely N-dealkylation sites (tertiary alicyclic amines) is 1. The minimum atomic E-state index is 0.0109. The van der Waals surface area contributed by atoms with Gasteiger partial charge in [0.2, 0.25) is 0 Å². The molecule has 1 saturated heterocycles. The van der Waals surface area contributed by atoms with E-state index in [2.05, 4.69) is 23.4 Å². The zero-order valence-electron chi connectivity index (χ0n) is 14.0. The van der Waals surface area contributed by atoms with Gasteiger partial charge in [-0.2, -0.15) is 0 Å². The van der Waals surface area contributed by atoms with Gasteiger partial charge in [0, 0.05) is 37.9 Å². The molecule has 1 aliphatic rings. The second-order valence-corrected chi connectivity index (χ2v) is 6.38. The smallest absolute Gasteiger partial charge is 0.289 e. The third kappa shape index (κ3) is 3.49. The van der Waals surface area contributed by atoms with Gasteiger partial charge in [0.15, 0.2) is 5.76 Å². The van der Waals surface area contributed by atoms with Gasteiger partial charge in [-0.15, -0.1) is 0 Å². The van der Waals surface area contributed by atoms with Crippen LogP contribution in [0.4, 0.5) is 0 Å². The first-order chi connectivity index (χ1) is 11.2. The number of amides is 1. The number of hydrogen-bond donors (Lipinski definition) is 0. The van der Waals surface area contributed by atoms with E-state index in [9.17, 15) is 4.79 Å². The zero-order chi connectivity index (χ0) is 16.2. The first-order valence-electron chi connectivity index (χ1n) is 8.52. The number of hydrogen-bond acceptors (Lipinski definition) is 3. The summed E-state index contributed by atoms with van der Waals surface area (Å²) >= 11 is 0. The minimum absolute atomic E-state index is 0.0109. The van der Waals surface area contributed by atoms with Gasteiger partial charge in [-0.3, -0.25) is 4.79 Å². The van der Waals surface area contributed by atoms with Gasteiger partial charge in [0.05, 0.1) is 6.26 Å². The van der Waals surface area contributed by atoms with Crippen molar-refractivity contribution in [2.45, 2.75) is 46.1 Å².